The third kappa shape index (κ3) is 4.58. The molecule has 0 bridgehead atoms. The highest BCUT2D eigenvalue weighted by molar-refractivity contribution is 7.15. The van der Waals surface area contributed by atoms with Crippen LogP contribution in [0.3, 0.4) is 0 Å². The van der Waals surface area contributed by atoms with E-state index in [0.29, 0.717) is 16.2 Å². The van der Waals surface area contributed by atoms with E-state index in [1.165, 1.54) is 27.9 Å². The first-order valence-corrected chi connectivity index (χ1v) is 12.1. The van der Waals surface area contributed by atoms with E-state index in [1.807, 2.05) is 0 Å². The molecule has 0 saturated heterocycles. The van der Waals surface area contributed by atoms with E-state index in [-0.39, 0.29) is 34.7 Å². The summed E-state index contributed by atoms with van der Waals surface area (Å²) in [6.07, 6.45) is -1.53. The molecule has 11 heteroatoms. The van der Waals surface area contributed by atoms with Gasteiger partial charge in [0.1, 0.15) is 12.4 Å². The van der Waals surface area contributed by atoms with Gasteiger partial charge in [0.2, 0.25) is 0 Å². The van der Waals surface area contributed by atoms with Crippen LogP contribution in [0.1, 0.15) is 16.0 Å². The van der Waals surface area contributed by atoms with Gasteiger partial charge in [-0.1, -0.05) is 35.9 Å². The van der Waals surface area contributed by atoms with Crippen molar-refractivity contribution < 1.29 is 27.2 Å². The van der Waals surface area contributed by atoms with Crippen LogP contribution in [0.2, 0.25) is 4.47 Å². The lowest BCUT2D eigenvalue weighted by Crippen LogP contribution is -2.41. The molecule has 2 aromatic carbocycles. The molecule has 0 radical (unpaired) electrons. The lowest BCUT2D eigenvalue weighted by atomic mass is 9.98. The number of rotatable bonds is 4. The fraction of sp³-hybridized carbons (Fsp3) is 0.115. The molecule has 0 unspecified atom stereocenters. The smallest absolute Gasteiger partial charge is 0.416 e. The minimum absolute atomic E-state index is 0.0483. The predicted octanol–water partition coefficient (Wildman–Crippen LogP) is 6.25. The summed E-state index contributed by atoms with van der Waals surface area (Å²) in [7, 11) is 0. The van der Waals surface area contributed by atoms with Gasteiger partial charge in [-0.15, -0.1) is 11.3 Å². The van der Waals surface area contributed by atoms with E-state index in [0.717, 1.165) is 22.6 Å². The van der Waals surface area contributed by atoms with Crippen LogP contribution >= 0.6 is 22.9 Å². The highest BCUT2D eigenvalue weighted by Gasteiger charge is 2.31. The Morgan fingerprint density at radius 2 is 1.86 bits per heavy atom. The van der Waals surface area contributed by atoms with Gasteiger partial charge < -0.3 is 5.11 Å². The third-order valence-electron chi connectivity index (χ3n) is 5.93. The van der Waals surface area contributed by atoms with Crippen LogP contribution in [0.4, 0.5) is 17.6 Å². The first-order chi connectivity index (χ1) is 17.5. The molecule has 0 aliphatic heterocycles. The van der Waals surface area contributed by atoms with Gasteiger partial charge in [-0.2, -0.15) is 22.1 Å². The summed E-state index contributed by atoms with van der Waals surface area (Å²) in [5.41, 5.74) is -0.0225. The van der Waals surface area contributed by atoms with Crippen molar-refractivity contribution >= 4 is 28.6 Å². The number of pyridine rings is 1. The normalized spacial score (nSPS) is 11.8. The molecule has 0 aliphatic rings. The Labute approximate surface area is 216 Å². The second-order valence-electron chi connectivity index (χ2n) is 8.33. The lowest BCUT2D eigenvalue weighted by molar-refractivity contribution is -0.671. The Morgan fingerprint density at radius 1 is 1.11 bits per heavy atom. The maximum atomic E-state index is 14.7. The first kappa shape index (κ1) is 24.9. The minimum atomic E-state index is -4.68. The molecule has 5 rings (SSSR count). The van der Waals surface area contributed by atoms with Gasteiger partial charge in [0.25, 0.3) is 11.5 Å². The van der Waals surface area contributed by atoms with E-state index in [4.69, 9.17) is 11.6 Å². The summed E-state index contributed by atoms with van der Waals surface area (Å²) in [5, 5.41) is 11.4. The van der Waals surface area contributed by atoms with Gasteiger partial charge in [0, 0.05) is 17.3 Å². The van der Waals surface area contributed by atoms with E-state index in [2.05, 4.69) is 4.98 Å². The topological polar surface area (TPSA) is 58.5 Å². The van der Waals surface area contributed by atoms with Crippen molar-refractivity contribution in [3.05, 3.63) is 104 Å². The molecular formula is C26H17ClF4N3O2S+. The molecule has 5 nitrogen and oxygen atoms in total. The minimum Gasteiger partial charge on any atom is -0.477 e. The number of thiazole rings is 1. The summed E-state index contributed by atoms with van der Waals surface area (Å²) in [4.78, 5) is 18.3. The molecule has 188 valence electrons. The number of aryl methyl sites for hydroxylation is 1. The van der Waals surface area contributed by atoms with Crippen molar-refractivity contribution in [1.29, 1.82) is 0 Å². The quantitative estimate of drug-likeness (QED) is 0.214. The standard InChI is InChI=1S/C26H16ClF4N3O2S/c1-14-4-3-9-33-22(14)34(13-18-12-32-25(27)37-18)24(36)21(23(33)35)16-6-2-5-15(10-16)19-8-7-17(11-20(19)28)26(29,30)31/h2-12H,13H2,1H3/p+1. The largest absolute Gasteiger partial charge is 0.477 e. The molecule has 0 aliphatic carbocycles. The maximum absolute atomic E-state index is 14.7. The van der Waals surface area contributed by atoms with Gasteiger partial charge in [-0.05, 0) is 48.4 Å². The molecule has 0 spiro atoms. The Kier molecular flexibility index (Phi) is 6.25. The Bertz CT molecular complexity index is 1730. The molecule has 3 heterocycles. The average Bonchev–Trinajstić information content (AvgIpc) is 3.26. The third-order valence-corrected chi connectivity index (χ3v) is 7.03. The van der Waals surface area contributed by atoms with E-state index in [1.54, 1.807) is 48.1 Å². The monoisotopic (exact) mass is 546 g/mol. The van der Waals surface area contributed by atoms with Crippen molar-refractivity contribution in [2.75, 3.05) is 0 Å². The Hall–Kier alpha value is -3.76. The van der Waals surface area contributed by atoms with E-state index >= 15 is 0 Å². The second kappa shape index (κ2) is 9.28. The fourth-order valence-electron chi connectivity index (χ4n) is 4.25. The van der Waals surface area contributed by atoms with E-state index in [9.17, 15) is 27.5 Å². The molecule has 0 amide bonds. The van der Waals surface area contributed by atoms with Crippen molar-refractivity contribution in [3.63, 3.8) is 0 Å². The Balaban J connectivity index is 1.70. The molecular weight excluding hydrogens is 530 g/mol. The summed E-state index contributed by atoms with van der Waals surface area (Å²) in [5.74, 6) is -1.38. The summed E-state index contributed by atoms with van der Waals surface area (Å²) < 4.78 is 56.9. The van der Waals surface area contributed by atoms with Crippen molar-refractivity contribution in [2.24, 2.45) is 0 Å². The molecule has 0 atom stereocenters. The number of aromatic nitrogens is 3. The van der Waals surface area contributed by atoms with Gasteiger partial charge in [-0.3, -0.25) is 0 Å². The van der Waals surface area contributed by atoms with Crippen LogP contribution < -0.4 is 10.1 Å². The predicted molar refractivity (Wildman–Crippen MR) is 132 cm³/mol. The first-order valence-electron chi connectivity index (χ1n) is 10.9. The number of fused-ring (bicyclic) bond motifs is 1. The number of halogens is 5. The number of hydrogen-bond donors (Lipinski definition) is 1. The second-order valence-corrected chi connectivity index (χ2v) is 10.0. The number of aromatic hydroxyl groups is 1. The summed E-state index contributed by atoms with van der Waals surface area (Å²) in [6.45, 7) is 1.98. The van der Waals surface area contributed by atoms with Crippen LogP contribution in [0.25, 0.3) is 27.9 Å². The summed E-state index contributed by atoms with van der Waals surface area (Å²) in [6, 6.07) is 11.9. The number of benzene rings is 2. The van der Waals surface area contributed by atoms with Crippen molar-refractivity contribution in [2.45, 2.75) is 19.6 Å². The molecule has 3 aromatic heterocycles. The van der Waals surface area contributed by atoms with Gasteiger partial charge in [-0.25, -0.2) is 14.2 Å². The molecule has 0 fully saturated rings. The maximum Gasteiger partial charge on any atom is 0.416 e. The van der Waals surface area contributed by atoms with Gasteiger partial charge in [0.15, 0.2) is 10.0 Å². The van der Waals surface area contributed by atoms with Gasteiger partial charge >= 0.3 is 11.7 Å². The van der Waals surface area contributed by atoms with Crippen molar-refractivity contribution in [1.82, 2.24) is 9.38 Å². The number of hydrogen-bond acceptors (Lipinski definition) is 4. The fourth-order valence-corrected chi connectivity index (χ4v) is 5.22. The van der Waals surface area contributed by atoms with Crippen molar-refractivity contribution in [3.8, 4) is 28.1 Å². The molecule has 1 N–H and O–H groups in total. The number of nitrogens with zero attached hydrogens (tertiary/aromatic N) is 3. The van der Waals surface area contributed by atoms with Gasteiger partial charge in [0.05, 0.1) is 16.6 Å². The zero-order chi connectivity index (χ0) is 26.5. The SMILES string of the molecule is Cc1cccn2c(=O)c(-c3cccc(-c4ccc(C(F)(F)F)cc4F)c3)c(O)[n+](Cc3cnc(Cl)s3)c12. The highest BCUT2D eigenvalue weighted by Crippen LogP contribution is 2.34. The zero-order valence-electron chi connectivity index (χ0n) is 19.1. The number of alkyl halides is 3. The summed E-state index contributed by atoms with van der Waals surface area (Å²) >= 11 is 7.21. The zero-order valence-corrected chi connectivity index (χ0v) is 20.6. The lowest BCUT2D eigenvalue weighted by Gasteiger charge is -2.12. The molecule has 5 aromatic rings. The molecule has 0 saturated carbocycles. The van der Waals surface area contributed by atoms with Crippen LogP contribution in [-0.2, 0) is 12.7 Å². The Morgan fingerprint density at radius 3 is 2.54 bits per heavy atom. The van der Waals surface area contributed by atoms with E-state index < -0.39 is 23.1 Å². The van der Waals surface area contributed by atoms with Crippen LogP contribution in [0.15, 0.2) is 71.8 Å². The van der Waals surface area contributed by atoms with Crippen LogP contribution in [0, 0.1) is 12.7 Å². The molecule has 37 heavy (non-hydrogen) atoms. The van der Waals surface area contributed by atoms with Crippen LogP contribution in [-0.4, -0.2) is 14.5 Å². The average molecular weight is 547 g/mol. The highest BCUT2D eigenvalue weighted by atomic mass is 35.5. The van der Waals surface area contributed by atoms with Crippen LogP contribution in [0.5, 0.6) is 5.88 Å².